The van der Waals surface area contributed by atoms with Gasteiger partial charge in [-0.25, -0.2) is 0 Å². The van der Waals surface area contributed by atoms with E-state index < -0.39 is 23.9 Å². The van der Waals surface area contributed by atoms with E-state index in [4.69, 9.17) is 11.5 Å². The summed E-state index contributed by atoms with van der Waals surface area (Å²) >= 11 is 0. The van der Waals surface area contributed by atoms with E-state index in [0.717, 1.165) is 11.3 Å². The van der Waals surface area contributed by atoms with E-state index in [1.165, 1.54) is 4.90 Å². The Balaban J connectivity index is 1.55. The Labute approximate surface area is 150 Å². The summed E-state index contributed by atoms with van der Waals surface area (Å²) in [7, 11) is 0. The summed E-state index contributed by atoms with van der Waals surface area (Å²) in [6.07, 6.45) is 0.543. The molecule has 0 radical (unpaired) electrons. The minimum absolute atomic E-state index is 0.00148. The Kier molecular flexibility index (Phi) is 3.76. The van der Waals surface area contributed by atoms with Crippen molar-refractivity contribution in [1.82, 2.24) is 10.2 Å². The molecule has 2 fully saturated rings. The molecule has 3 heterocycles. The van der Waals surface area contributed by atoms with E-state index in [-0.39, 0.29) is 24.2 Å². The number of piperazine rings is 1. The summed E-state index contributed by atoms with van der Waals surface area (Å²) < 4.78 is 0. The number of nitrogens with two attached hydrogens (primary N) is 2. The Hall–Kier alpha value is -2.81. The highest BCUT2D eigenvalue weighted by atomic mass is 16.3. The number of aliphatic imine (C=N–C) groups is 1. The Bertz CT molecular complexity index is 792. The molecule has 1 aromatic carbocycles. The topological polar surface area (TPSA) is 146 Å². The molecule has 2 amide bonds. The van der Waals surface area contributed by atoms with Crippen molar-refractivity contribution in [2.45, 2.75) is 43.1 Å². The zero-order valence-corrected chi connectivity index (χ0v) is 14.2. The first-order valence-electron chi connectivity index (χ1n) is 8.68. The quantitative estimate of drug-likeness (QED) is 0.259. The van der Waals surface area contributed by atoms with Gasteiger partial charge in [-0.1, -0.05) is 18.2 Å². The molecule has 2 saturated heterocycles. The molecule has 0 saturated carbocycles. The molecule has 7 N–H and O–H groups in total. The van der Waals surface area contributed by atoms with Crippen LogP contribution >= 0.6 is 0 Å². The number of benzene rings is 1. The first-order chi connectivity index (χ1) is 12.4. The molecule has 2 unspecified atom stereocenters. The molecule has 3 aliphatic rings. The predicted octanol–water partition coefficient (Wildman–Crippen LogP) is -1.22. The third kappa shape index (κ3) is 2.38. The second kappa shape index (κ2) is 5.87. The fourth-order valence-corrected chi connectivity index (χ4v) is 4.20. The van der Waals surface area contributed by atoms with Crippen molar-refractivity contribution in [2.75, 3.05) is 11.9 Å². The van der Waals surface area contributed by atoms with Gasteiger partial charge in [0.1, 0.15) is 23.9 Å². The first kappa shape index (κ1) is 16.6. The predicted molar refractivity (Wildman–Crippen MR) is 94.8 cm³/mol. The maximum absolute atomic E-state index is 13.0. The van der Waals surface area contributed by atoms with Gasteiger partial charge in [0.25, 0.3) is 0 Å². The molecule has 0 bridgehead atoms. The minimum atomic E-state index is -1.26. The lowest BCUT2D eigenvalue weighted by Gasteiger charge is -2.37. The van der Waals surface area contributed by atoms with Crippen molar-refractivity contribution in [2.24, 2.45) is 16.5 Å². The molecule has 9 nitrogen and oxygen atoms in total. The Morgan fingerprint density at radius 1 is 1.31 bits per heavy atom. The van der Waals surface area contributed by atoms with Crippen LogP contribution in [0.5, 0.6) is 0 Å². The molecule has 4 atom stereocenters. The van der Waals surface area contributed by atoms with Crippen LogP contribution in [0.2, 0.25) is 0 Å². The molecule has 0 aliphatic carbocycles. The number of guanidine groups is 1. The van der Waals surface area contributed by atoms with Crippen LogP contribution in [0.25, 0.3) is 0 Å². The lowest BCUT2D eigenvalue weighted by molar-refractivity contribution is -0.149. The van der Waals surface area contributed by atoms with Crippen LogP contribution in [-0.2, 0) is 15.2 Å². The van der Waals surface area contributed by atoms with Gasteiger partial charge in [0.05, 0.1) is 0 Å². The van der Waals surface area contributed by atoms with Crippen molar-refractivity contribution < 1.29 is 14.7 Å². The third-order valence-corrected chi connectivity index (χ3v) is 5.37. The molecular weight excluding hydrogens is 336 g/mol. The summed E-state index contributed by atoms with van der Waals surface area (Å²) in [6, 6.07) is 6.09. The zero-order chi connectivity index (χ0) is 18.5. The van der Waals surface area contributed by atoms with Crippen molar-refractivity contribution in [3.63, 3.8) is 0 Å². The van der Waals surface area contributed by atoms with Gasteiger partial charge in [0.2, 0.25) is 11.8 Å². The van der Waals surface area contributed by atoms with E-state index >= 15 is 0 Å². The molecule has 26 heavy (non-hydrogen) atoms. The standard InChI is InChI=1S/C17H22N6O3/c18-16(19)20-7-3-6-11-14(25)23-12(13(24)21-11)8-17(26)9-4-1-2-5-10(9)22-15(17)23/h1-2,4-5,11-12,15,22,26H,3,6-8H2,(H,21,24)(H4,18,19,20)/t11-,12-,15?,17?/m0/s1. The van der Waals surface area contributed by atoms with Crippen molar-refractivity contribution in [3.8, 4) is 0 Å². The number of hydrogen-bond acceptors (Lipinski definition) is 5. The molecule has 9 heteroatoms. The van der Waals surface area contributed by atoms with Crippen LogP contribution in [0.4, 0.5) is 5.69 Å². The van der Waals surface area contributed by atoms with Gasteiger partial charge >= 0.3 is 0 Å². The van der Waals surface area contributed by atoms with Gasteiger partial charge in [0.15, 0.2) is 5.96 Å². The maximum atomic E-state index is 13.0. The van der Waals surface area contributed by atoms with Crippen molar-refractivity contribution in [1.29, 1.82) is 0 Å². The highest BCUT2D eigenvalue weighted by molar-refractivity contribution is 5.98. The number of anilines is 1. The van der Waals surface area contributed by atoms with Crippen LogP contribution in [0.1, 0.15) is 24.8 Å². The highest BCUT2D eigenvalue weighted by Gasteiger charge is 2.62. The first-order valence-corrected chi connectivity index (χ1v) is 8.68. The number of carbonyl (C=O) groups is 2. The molecule has 0 spiro atoms. The summed E-state index contributed by atoms with van der Waals surface area (Å²) in [6.45, 7) is 0.391. The van der Waals surface area contributed by atoms with Crippen LogP contribution in [0.15, 0.2) is 29.3 Å². The number of nitrogens with one attached hydrogen (secondary N) is 2. The van der Waals surface area contributed by atoms with E-state index in [9.17, 15) is 14.7 Å². The van der Waals surface area contributed by atoms with E-state index in [1.54, 1.807) is 0 Å². The average Bonchev–Trinajstić information content (AvgIpc) is 3.05. The number of rotatable bonds is 4. The second-order valence-corrected chi connectivity index (χ2v) is 6.99. The number of nitrogens with zero attached hydrogens (tertiary/aromatic N) is 2. The Morgan fingerprint density at radius 2 is 2.08 bits per heavy atom. The molecule has 1 aromatic rings. The van der Waals surface area contributed by atoms with Gasteiger partial charge in [-0.3, -0.25) is 14.6 Å². The van der Waals surface area contributed by atoms with E-state index in [2.05, 4.69) is 15.6 Å². The van der Waals surface area contributed by atoms with Crippen LogP contribution < -0.4 is 22.1 Å². The number of fused-ring (bicyclic) bond motifs is 5. The monoisotopic (exact) mass is 358 g/mol. The second-order valence-electron chi connectivity index (χ2n) is 6.99. The van der Waals surface area contributed by atoms with E-state index in [1.807, 2.05) is 24.3 Å². The van der Waals surface area contributed by atoms with Gasteiger partial charge in [-0.15, -0.1) is 0 Å². The third-order valence-electron chi connectivity index (χ3n) is 5.37. The van der Waals surface area contributed by atoms with Crippen molar-refractivity contribution in [3.05, 3.63) is 29.8 Å². The molecule has 0 aromatic heterocycles. The van der Waals surface area contributed by atoms with Gasteiger partial charge < -0.3 is 32.1 Å². The normalized spacial score (nSPS) is 31.6. The summed E-state index contributed by atoms with van der Waals surface area (Å²) in [4.78, 5) is 30.9. The van der Waals surface area contributed by atoms with E-state index in [0.29, 0.717) is 19.4 Å². The molecule has 3 aliphatic heterocycles. The number of para-hydroxylation sites is 1. The lowest BCUT2D eigenvalue weighted by atomic mass is 9.91. The number of carbonyl (C=O) groups excluding carboxylic acids is 2. The number of amides is 2. The fourth-order valence-electron chi connectivity index (χ4n) is 4.20. The smallest absolute Gasteiger partial charge is 0.247 e. The van der Waals surface area contributed by atoms with Gasteiger partial charge in [0, 0.05) is 24.2 Å². The highest BCUT2D eigenvalue weighted by Crippen LogP contribution is 2.50. The van der Waals surface area contributed by atoms with Gasteiger partial charge in [-0.2, -0.15) is 0 Å². The Morgan fingerprint density at radius 3 is 2.85 bits per heavy atom. The largest absolute Gasteiger partial charge is 0.381 e. The molecular formula is C17H22N6O3. The summed E-state index contributed by atoms with van der Waals surface area (Å²) in [5.74, 6) is -0.430. The summed E-state index contributed by atoms with van der Waals surface area (Å²) in [5, 5.41) is 17.2. The van der Waals surface area contributed by atoms with Crippen LogP contribution in [-0.4, -0.2) is 52.6 Å². The molecule has 138 valence electrons. The molecule has 4 rings (SSSR count). The fraction of sp³-hybridized carbons (Fsp3) is 0.471. The maximum Gasteiger partial charge on any atom is 0.247 e. The number of aliphatic hydroxyl groups is 1. The van der Waals surface area contributed by atoms with Crippen LogP contribution in [0, 0.1) is 0 Å². The minimum Gasteiger partial charge on any atom is -0.381 e. The number of hydrogen-bond donors (Lipinski definition) is 5. The summed E-state index contributed by atoms with van der Waals surface area (Å²) in [5.41, 5.74) is 10.8. The lowest BCUT2D eigenvalue weighted by Crippen LogP contribution is -2.64. The van der Waals surface area contributed by atoms with Crippen molar-refractivity contribution >= 4 is 23.5 Å². The SMILES string of the molecule is NC(N)=NCCC[C@@H]1NC(=O)[C@@H]2CC3(O)c4ccccc4NC3N2C1=O. The van der Waals surface area contributed by atoms with Gasteiger partial charge in [-0.05, 0) is 18.9 Å². The van der Waals surface area contributed by atoms with Crippen LogP contribution in [0.3, 0.4) is 0 Å². The zero-order valence-electron chi connectivity index (χ0n) is 14.2. The average molecular weight is 358 g/mol.